The predicted molar refractivity (Wildman–Crippen MR) is 93.1 cm³/mol. The van der Waals surface area contributed by atoms with E-state index in [0.29, 0.717) is 17.9 Å². The van der Waals surface area contributed by atoms with E-state index in [1.165, 1.54) is 19.3 Å². The molecular weight excluding hydrogens is 320 g/mol. The number of ketones is 1. The molecule has 1 aromatic heterocycles. The number of carbonyl (C=O) groups excluding carboxylic acids is 2. The lowest BCUT2D eigenvalue weighted by atomic mass is 10.1. The van der Waals surface area contributed by atoms with E-state index in [0.717, 1.165) is 25.1 Å². The van der Waals surface area contributed by atoms with Crippen LogP contribution < -0.4 is 10.6 Å². The highest BCUT2D eigenvalue weighted by atomic mass is 16.5. The van der Waals surface area contributed by atoms with Gasteiger partial charge in [-0.1, -0.05) is 12.1 Å². The number of Topliss-reactive ketones (excluding diaryl/α,β-unsaturated/α-hetero) is 1. The van der Waals surface area contributed by atoms with E-state index >= 15 is 0 Å². The molecule has 3 rings (SSSR count). The highest BCUT2D eigenvalue weighted by Crippen LogP contribution is 2.16. The molecule has 0 saturated carbocycles. The van der Waals surface area contributed by atoms with Gasteiger partial charge in [-0.25, -0.2) is 9.97 Å². The van der Waals surface area contributed by atoms with Crippen LogP contribution in [0.5, 0.6) is 0 Å². The van der Waals surface area contributed by atoms with Gasteiger partial charge >= 0.3 is 0 Å². The first kappa shape index (κ1) is 17.0. The normalized spacial score (nSPS) is 16.4. The highest BCUT2D eigenvalue weighted by Gasteiger charge is 2.17. The summed E-state index contributed by atoms with van der Waals surface area (Å²) in [6.07, 6.45) is 5.00. The fourth-order valence-electron chi connectivity index (χ4n) is 2.58. The average Bonchev–Trinajstić information content (AvgIpc) is 3.14. The van der Waals surface area contributed by atoms with Crippen molar-refractivity contribution in [1.82, 2.24) is 15.3 Å². The van der Waals surface area contributed by atoms with E-state index in [9.17, 15) is 9.59 Å². The van der Waals surface area contributed by atoms with Crippen molar-refractivity contribution in [3.05, 3.63) is 47.9 Å². The standard InChI is InChI=1S/C18H20N4O3/c1-12(23)13-4-2-5-14(8-13)22-17-11-19-16(10-20-17)18(24)21-9-15-6-3-7-25-15/h2,4-5,8,10-11,15H,3,6-7,9H2,1H3,(H,20,22)(H,21,24). The number of nitrogens with zero attached hydrogens (tertiary/aromatic N) is 2. The Morgan fingerprint density at radius 2 is 2.16 bits per heavy atom. The van der Waals surface area contributed by atoms with Gasteiger partial charge in [-0.2, -0.15) is 0 Å². The van der Waals surface area contributed by atoms with Crippen LogP contribution in [0.25, 0.3) is 0 Å². The quantitative estimate of drug-likeness (QED) is 0.784. The molecule has 0 bridgehead atoms. The lowest BCUT2D eigenvalue weighted by Crippen LogP contribution is -2.32. The maximum Gasteiger partial charge on any atom is 0.271 e. The van der Waals surface area contributed by atoms with Crippen molar-refractivity contribution in [1.29, 1.82) is 0 Å². The Balaban J connectivity index is 1.58. The highest BCUT2D eigenvalue weighted by molar-refractivity contribution is 5.95. The first-order chi connectivity index (χ1) is 12.1. The molecule has 1 aromatic carbocycles. The summed E-state index contributed by atoms with van der Waals surface area (Å²) in [5.74, 6) is 0.220. The monoisotopic (exact) mass is 340 g/mol. The molecular formula is C18H20N4O3. The Labute approximate surface area is 145 Å². The van der Waals surface area contributed by atoms with E-state index in [1.807, 2.05) is 6.07 Å². The van der Waals surface area contributed by atoms with Gasteiger partial charge in [0.05, 0.1) is 18.5 Å². The third-order valence-electron chi connectivity index (χ3n) is 3.94. The summed E-state index contributed by atoms with van der Waals surface area (Å²) in [6, 6.07) is 7.11. The second kappa shape index (κ2) is 7.85. The number of hydrogen-bond acceptors (Lipinski definition) is 6. The largest absolute Gasteiger partial charge is 0.376 e. The summed E-state index contributed by atoms with van der Waals surface area (Å²) in [4.78, 5) is 31.8. The van der Waals surface area contributed by atoms with Crippen molar-refractivity contribution < 1.29 is 14.3 Å². The van der Waals surface area contributed by atoms with E-state index in [-0.39, 0.29) is 23.5 Å². The molecule has 1 saturated heterocycles. The van der Waals surface area contributed by atoms with E-state index in [4.69, 9.17) is 4.74 Å². The number of benzene rings is 1. The Bertz CT molecular complexity index is 755. The molecule has 25 heavy (non-hydrogen) atoms. The zero-order valence-electron chi connectivity index (χ0n) is 14.0. The molecule has 1 unspecified atom stereocenters. The van der Waals surface area contributed by atoms with E-state index < -0.39 is 0 Å². The van der Waals surface area contributed by atoms with Crippen LogP contribution in [-0.2, 0) is 4.74 Å². The minimum absolute atomic E-state index is 0.00649. The van der Waals surface area contributed by atoms with Crippen LogP contribution in [0.3, 0.4) is 0 Å². The van der Waals surface area contributed by atoms with Crippen LogP contribution in [0.15, 0.2) is 36.7 Å². The summed E-state index contributed by atoms with van der Waals surface area (Å²) >= 11 is 0. The third kappa shape index (κ3) is 4.60. The maximum absolute atomic E-state index is 12.1. The molecule has 130 valence electrons. The van der Waals surface area contributed by atoms with Gasteiger partial charge in [-0.15, -0.1) is 0 Å². The molecule has 7 heteroatoms. The van der Waals surface area contributed by atoms with E-state index in [2.05, 4.69) is 20.6 Å². The number of nitrogens with one attached hydrogen (secondary N) is 2. The first-order valence-corrected chi connectivity index (χ1v) is 8.22. The summed E-state index contributed by atoms with van der Waals surface area (Å²) in [5.41, 5.74) is 1.60. The Morgan fingerprint density at radius 3 is 2.84 bits per heavy atom. The van der Waals surface area contributed by atoms with Crippen LogP contribution in [0.4, 0.5) is 11.5 Å². The summed E-state index contributed by atoms with van der Waals surface area (Å²) < 4.78 is 5.47. The van der Waals surface area contributed by atoms with Gasteiger partial charge in [0, 0.05) is 24.4 Å². The fraction of sp³-hybridized carbons (Fsp3) is 0.333. The van der Waals surface area contributed by atoms with Crippen LogP contribution in [0.2, 0.25) is 0 Å². The summed E-state index contributed by atoms with van der Waals surface area (Å²) in [6.45, 7) is 2.76. The van der Waals surface area contributed by atoms with Gasteiger partial charge in [-0.05, 0) is 31.9 Å². The van der Waals surface area contributed by atoms with Crippen molar-refractivity contribution in [3.63, 3.8) is 0 Å². The molecule has 2 aromatic rings. The lowest BCUT2D eigenvalue weighted by Gasteiger charge is -2.10. The fourth-order valence-corrected chi connectivity index (χ4v) is 2.58. The summed E-state index contributed by atoms with van der Waals surface area (Å²) in [5, 5.41) is 5.87. The number of anilines is 2. The number of ether oxygens (including phenoxy) is 1. The van der Waals surface area contributed by atoms with Gasteiger partial charge in [0.2, 0.25) is 0 Å². The van der Waals surface area contributed by atoms with Gasteiger partial charge in [0.15, 0.2) is 5.78 Å². The second-order valence-corrected chi connectivity index (χ2v) is 5.89. The molecule has 0 radical (unpaired) electrons. The van der Waals surface area contributed by atoms with Gasteiger partial charge in [0.1, 0.15) is 11.5 Å². The molecule has 7 nitrogen and oxygen atoms in total. The van der Waals surface area contributed by atoms with Crippen molar-refractivity contribution in [2.24, 2.45) is 0 Å². The van der Waals surface area contributed by atoms with Gasteiger partial charge < -0.3 is 15.4 Å². The minimum atomic E-state index is -0.270. The topological polar surface area (TPSA) is 93.2 Å². The molecule has 1 fully saturated rings. The third-order valence-corrected chi connectivity index (χ3v) is 3.94. The zero-order chi connectivity index (χ0) is 17.6. The van der Waals surface area contributed by atoms with Crippen LogP contribution in [-0.4, -0.2) is 40.9 Å². The van der Waals surface area contributed by atoms with Crippen LogP contribution in [0, 0.1) is 0 Å². The zero-order valence-corrected chi connectivity index (χ0v) is 14.0. The van der Waals surface area contributed by atoms with E-state index in [1.54, 1.807) is 18.2 Å². The lowest BCUT2D eigenvalue weighted by molar-refractivity contribution is 0.0853. The number of amides is 1. The first-order valence-electron chi connectivity index (χ1n) is 8.22. The van der Waals surface area contributed by atoms with Crippen molar-refractivity contribution in [2.75, 3.05) is 18.5 Å². The van der Waals surface area contributed by atoms with Crippen LogP contribution >= 0.6 is 0 Å². The minimum Gasteiger partial charge on any atom is -0.376 e. The van der Waals surface area contributed by atoms with Crippen molar-refractivity contribution >= 4 is 23.2 Å². The number of carbonyl (C=O) groups is 2. The van der Waals surface area contributed by atoms with Crippen molar-refractivity contribution in [3.8, 4) is 0 Å². The maximum atomic E-state index is 12.1. The molecule has 2 N–H and O–H groups in total. The smallest absolute Gasteiger partial charge is 0.271 e. The SMILES string of the molecule is CC(=O)c1cccc(Nc2cnc(C(=O)NCC3CCCO3)cn2)c1. The van der Waals surface area contributed by atoms with Crippen molar-refractivity contribution in [2.45, 2.75) is 25.9 Å². The number of aromatic nitrogens is 2. The molecule has 1 amide bonds. The molecule has 0 spiro atoms. The van der Waals surface area contributed by atoms with Gasteiger partial charge in [0.25, 0.3) is 5.91 Å². The Morgan fingerprint density at radius 1 is 1.28 bits per heavy atom. The van der Waals surface area contributed by atoms with Crippen LogP contribution in [0.1, 0.15) is 40.6 Å². The molecule has 2 heterocycles. The Kier molecular flexibility index (Phi) is 5.35. The molecule has 1 atom stereocenters. The molecule has 1 aliphatic heterocycles. The van der Waals surface area contributed by atoms with Gasteiger partial charge in [-0.3, -0.25) is 9.59 Å². The second-order valence-electron chi connectivity index (χ2n) is 5.89. The summed E-state index contributed by atoms with van der Waals surface area (Å²) in [7, 11) is 0. The molecule has 1 aliphatic rings. The number of hydrogen-bond donors (Lipinski definition) is 2. The average molecular weight is 340 g/mol. The predicted octanol–water partition coefficient (Wildman–Crippen LogP) is 2.33. The number of rotatable bonds is 6. The molecule has 0 aliphatic carbocycles. The Hall–Kier alpha value is -2.80.